The van der Waals surface area contributed by atoms with Crippen LogP contribution >= 0.6 is 0 Å². The summed E-state index contributed by atoms with van der Waals surface area (Å²) in [7, 11) is 0. The van der Waals surface area contributed by atoms with Crippen molar-refractivity contribution in [1.82, 2.24) is 19.9 Å². The number of hydrogen-bond acceptors (Lipinski definition) is 5. The molecule has 5 heteroatoms. The van der Waals surface area contributed by atoms with E-state index in [4.69, 9.17) is 19.7 Å². The summed E-state index contributed by atoms with van der Waals surface area (Å²) in [6, 6.07) is 41.9. The van der Waals surface area contributed by atoms with E-state index in [1.807, 2.05) is 115 Å². The minimum atomic E-state index is 0.460. The lowest BCUT2D eigenvalue weighted by Crippen LogP contribution is -2.01. The Morgan fingerprint density at radius 2 is 1.05 bits per heavy atom. The number of aromatic nitrogens is 4. The molecule has 5 nitrogen and oxygen atoms in total. The van der Waals surface area contributed by atoms with Crippen molar-refractivity contribution in [2.75, 3.05) is 0 Å². The molecule has 6 aromatic rings. The summed E-state index contributed by atoms with van der Waals surface area (Å²) in [6.45, 7) is 0.460. The first-order valence-electron chi connectivity index (χ1n) is 12.4. The van der Waals surface area contributed by atoms with Crippen LogP contribution in [-0.2, 0) is 6.61 Å². The van der Waals surface area contributed by atoms with Crippen LogP contribution < -0.4 is 4.74 Å². The molecule has 2 aromatic heterocycles. The molecule has 0 spiro atoms. The molecule has 0 aliphatic carbocycles. The summed E-state index contributed by atoms with van der Waals surface area (Å²) in [5, 5.41) is 0. The first kappa shape index (κ1) is 23.3. The van der Waals surface area contributed by atoms with Gasteiger partial charge in [0.25, 0.3) is 0 Å². The van der Waals surface area contributed by atoms with Crippen molar-refractivity contribution in [3.8, 4) is 51.2 Å². The molecule has 38 heavy (non-hydrogen) atoms. The highest BCUT2D eigenvalue weighted by Gasteiger charge is 2.15. The Bertz CT molecular complexity index is 1580. The van der Waals surface area contributed by atoms with Crippen LogP contribution in [-0.4, -0.2) is 19.9 Å². The third-order valence-electron chi connectivity index (χ3n) is 6.12. The monoisotopic (exact) mass is 492 g/mol. The van der Waals surface area contributed by atoms with Crippen LogP contribution in [0.2, 0.25) is 0 Å². The number of benzene rings is 4. The molecular formula is C33H24N4O. The average molecular weight is 493 g/mol. The molecule has 182 valence electrons. The summed E-state index contributed by atoms with van der Waals surface area (Å²) in [6.07, 6.45) is 1.78. The molecule has 4 aromatic carbocycles. The predicted octanol–water partition coefficient (Wildman–Crippen LogP) is 7.51. The zero-order valence-corrected chi connectivity index (χ0v) is 20.6. The quantitative estimate of drug-likeness (QED) is 0.231. The van der Waals surface area contributed by atoms with Crippen LogP contribution in [0.1, 0.15) is 5.56 Å². The maximum absolute atomic E-state index is 6.26. The van der Waals surface area contributed by atoms with E-state index >= 15 is 0 Å². The van der Waals surface area contributed by atoms with Crippen molar-refractivity contribution in [2.45, 2.75) is 6.61 Å². The van der Waals surface area contributed by atoms with E-state index in [0.29, 0.717) is 24.1 Å². The van der Waals surface area contributed by atoms with Crippen LogP contribution in [0, 0.1) is 0 Å². The van der Waals surface area contributed by atoms with Gasteiger partial charge in [-0.25, -0.2) is 15.0 Å². The van der Waals surface area contributed by atoms with Gasteiger partial charge in [-0.15, -0.1) is 0 Å². The van der Waals surface area contributed by atoms with Gasteiger partial charge in [0.1, 0.15) is 12.4 Å². The Labute approximate surface area is 221 Å². The van der Waals surface area contributed by atoms with Crippen molar-refractivity contribution in [1.29, 1.82) is 0 Å². The lowest BCUT2D eigenvalue weighted by molar-refractivity contribution is 0.307. The van der Waals surface area contributed by atoms with E-state index in [1.165, 1.54) is 0 Å². The topological polar surface area (TPSA) is 60.8 Å². The molecule has 2 heterocycles. The Kier molecular flexibility index (Phi) is 6.64. The number of rotatable bonds is 7. The Balaban J connectivity index is 1.46. The third kappa shape index (κ3) is 5.18. The smallest absolute Gasteiger partial charge is 0.164 e. The summed E-state index contributed by atoms with van der Waals surface area (Å²) < 4.78 is 6.26. The van der Waals surface area contributed by atoms with Gasteiger partial charge >= 0.3 is 0 Å². The number of nitrogens with zero attached hydrogens (tertiary/aromatic N) is 4. The number of ether oxygens (including phenoxy) is 1. The van der Waals surface area contributed by atoms with Gasteiger partial charge in [0, 0.05) is 28.5 Å². The fourth-order valence-electron chi connectivity index (χ4n) is 4.19. The van der Waals surface area contributed by atoms with Gasteiger partial charge in [-0.05, 0) is 35.9 Å². The van der Waals surface area contributed by atoms with E-state index in [9.17, 15) is 0 Å². The first-order chi connectivity index (χ1) is 18.8. The lowest BCUT2D eigenvalue weighted by Gasteiger charge is -2.14. The molecule has 0 aliphatic heterocycles. The summed E-state index contributed by atoms with van der Waals surface area (Å²) in [5.41, 5.74) is 5.51. The van der Waals surface area contributed by atoms with Gasteiger partial charge in [0.05, 0.1) is 5.69 Å². The Morgan fingerprint density at radius 1 is 0.500 bits per heavy atom. The largest absolute Gasteiger partial charge is 0.488 e. The van der Waals surface area contributed by atoms with Crippen molar-refractivity contribution in [3.63, 3.8) is 0 Å². The first-order valence-corrected chi connectivity index (χ1v) is 12.4. The van der Waals surface area contributed by atoms with Gasteiger partial charge in [0.15, 0.2) is 17.5 Å². The normalized spacial score (nSPS) is 10.7. The van der Waals surface area contributed by atoms with Crippen LogP contribution in [0.15, 0.2) is 134 Å². The van der Waals surface area contributed by atoms with E-state index in [-0.39, 0.29) is 0 Å². The highest BCUT2D eigenvalue weighted by atomic mass is 16.5. The molecular weight excluding hydrogens is 468 g/mol. The molecule has 0 N–H and O–H groups in total. The van der Waals surface area contributed by atoms with E-state index in [0.717, 1.165) is 39.3 Å². The highest BCUT2D eigenvalue weighted by Crippen LogP contribution is 2.34. The second-order valence-electron chi connectivity index (χ2n) is 8.74. The third-order valence-corrected chi connectivity index (χ3v) is 6.12. The summed E-state index contributed by atoms with van der Waals surface area (Å²) >= 11 is 0. The summed E-state index contributed by atoms with van der Waals surface area (Å²) in [5.74, 6) is 2.58. The average Bonchev–Trinajstić information content (AvgIpc) is 3.01. The molecule has 0 amide bonds. The fourth-order valence-corrected chi connectivity index (χ4v) is 4.19. The van der Waals surface area contributed by atoms with Crippen molar-refractivity contribution >= 4 is 0 Å². The molecule has 0 fully saturated rings. The van der Waals surface area contributed by atoms with Crippen LogP contribution in [0.25, 0.3) is 45.4 Å². The minimum absolute atomic E-state index is 0.460. The Hall–Kier alpha value is -5.16. The van der Waals surface area contributed by atoms with Crippen molar-refractivity contribution < 1.29 is 4.74 Å². The van der Waals surface area contributed by atoms with Gasteiger partial charge in [-0.3, -0.25) is 4.98 Å². The van der Waals surface area contributed by atoms with Crippen LogP contribution in [0.5, 0.6) is 5.75 Å². The van der Waals surface area contributed by atoms with Crippen molar-refractivity contribution in [3.05, 3.63) is 139 Å². The number of pyridine rings is 1. The second kappa shape index (κ2) is 10.8. The molecule has 0 atom stereocenters. The molecule has 0 saturated carbocycles. The predicted molar refractivity (Wildman–Crippen MR) is 150 cm³/mol. The van der Waals surface area contributed by atoms with E-state index in [1.54, 1.807) is 6.20 Å². The molecule has 0 unspecified atom stereocenters. The minimum Gasteiger partial charge on any atom is -0.488 e. The van der Waals surface area contributed by atoms with Crippen LogP contribution in [0.3, 0.4) is 0 Å². The number of hydrogen-bond donors (Lipinski definition) is 0. The van der Waals surface area contributed by atoms with Gasteiger partial charge in [-0.1, -0.05) is 97.1 Å². The highest BCUT2D eigenvalue weighted by molar-refractivity contribution is 5.75. The van der Waals surface area contributed by atoms with E-state index in [2.05, 4.69) is 17.1 Å². The summed E-state index contributed by atoms with van der Waals surface area (Å²) in [4.78, 5) is 19.1. The maximum Gasteiger partial charge on any atom is 0.164 e. The standard InChI is InChI=1S/C33H24N4O/c1-4-12-24(13-5-1)23-38-30-20-19-27(22-28(30)29-18-10-11-21-34-29)33-36-31(25-14-6-2-7-15-25)35-32(37-33)26-16-8-3-9-17-26/h1-22H,23H2. The molecule has 0 bridgehead atoms. The lowest BCUT2D eigenvalue weighted by atomic mass is 10.0. The molecule has 0 radical (unpaired) electrons. The van der Waals surface area contributed by atoms with Crippen molar-refractivity contribution in [2.24, 2.45) is 0 Å². The van der Waals surface area contributed by atoms with Crippen LogP contribution in [0.4, 0.5) is 0 Å². The molecule has 6 rings (SSSR count). The molecule has 0 saturated heterocycles. The zero-order chi connectivity index (χ0) is 25.6. The zero-order valence-electron chi connectivity index (χ0n) is 20.6. The van der Waals surface area contributed by atoms with Gasteiger partial charge in [-0.2, -0.15) is 0 Å². The second-order valence-corrected chi connectivity index (χ2v) is 8.74. The Morgan fingerprint density at radius 3 is 1.63 bits per heavy atom. The SMILES string of the molecule is c1ccc(COc2ccc(-c3nc(-c4ccccc4)nc(-c4ccccc4)n3)cc2-c2ccccn2)cc1. The van der Waals surface area contributed by atoms with Gasteiger partial charge in [0.2, 0.25) is 0 Å². The van der Waals surface area contributed by atoms with E-state index < -0.39 is 0 Å². The van der Waals surface area contributed by atoms with Gasteiger partial charge < -0.3 is 4.74 Å². The maximum atomic E-state index is 6.26. The molecule has 0 aliphatic rings. The fraction of sp³-hybridized carbons (Fsp3) is 0.0303.